The molecule has 0 bridgehead atoms. The molecule has 3 atom stereocenters. The minimum absolute atomic E-state index is 0.213. The van der Waals surface area contributed by atoms with E-state index in [4.69, 9.17) is 0 Å². The van der Waals surface area contributed by atoms with Crippen LogP contribution in [0.25, 0.3) is 0 Å². The van der Waals surface area contributed by atoms with Crippen molar-refractivity contribution in [3.8, 4) is 0 Å². The third-order valence-electron chi connectivity index (χ3n) is 2.18. The predicted octanol–water partition coefficient (Wildman–Crippen LogP) is 1.86. The molecule has 0 heterocycles. The molecule has 0 aliphatic carbocycles. The predicted molar refractivity (Wildman–Crippen MR) is 49.9 cm³/mol. The van der Waals surface area contributed by atoms with E-state index in [1.54, 1.807) is 6.92 Å². The molecule has 0 aromatic heterocycles. The van der Waals surface area contributed by atoms with E-state index in [2.05, 4.69) is 13.8 Å². The SMILES string of the molecule is CC(C)CC(C)C(O)C(C)C=O. The fourth-order valence-electron chi connectivity index (χ4n) is 1.48. The maximum absolute atomic E-state index is 10.4. The van der Waals surface area contributed by atoms with Crippen LogP contribution in [0.1, 0.15) is 34.1 Å². The summed E-state index contributed by atoms with van der Waals surface area (Å²) >= 11 is 0. The van der Waals surface area contributed by atoms with Crippen molar-refractivity contribution in [2.75, 3.05) is 0 Å². The Morgan fingerprint density at radius 1 is 1.25 bits per heavy atom. The summed E-state index contributed by atoms with van der Waals surface area (Å²) in [6, 6.07) is 0. The van der Waals surface area contributed by atoms with Crippen LogP contribution >= 0.6 is 0 Å². The molecule has 0 aromatic carbocycles. The van der Waals surface area contributed by atoms with Crippen LogP contribution in [0.2, 0.25) is 0 Å². The average Bonchev–Trinajstić information content (AvgIpc) is 2.00. The highest BCUT2D eigenvalue weighted by Gasteiger charge is 2.20. The highest BCUT2D eigenvalue weighted by molar-refractivity contribution is 5.53. The molecular weight excluding hydrogens is 152 g/mol. The molecule has 2 heteroatoms. The van der Waals surface area contributed by atoms with Crippen molar-refractivity contribution in [1.29, 1.82) is 0 Å². The van der Waals surface area contributed by atoms with Gasteiger partial charge in [-0.05, 0) is 18.3 Å². The molecule has 0 amide bonds. The van der Waals surface area contributed by atoms with E-state index in [-0.39, 0.29) is 11.8 Å². The summed E-state index contributed by atoms with van der Waals surface area (Å²) in [5.41, 5.74) is 0. The van der Waals surface area contributed by atoms with Crippen molar-refractivity contribution in [3.05, 3.63) is 0 Å². The van der Waals surface area contributed by atoms with E-state index in [1.807, 2.05) is 6.92 Å². The van der Waals surface area contributed by atoms with Crippen LogP contribution in [0.15, 0.2) is 0 Å². The summed E-state index contributed by atoms with van der Waals surface area (Å²) in [6.07, 6.45) is 1.31. The highest BCUT2D eigenvalue weighted by Crippen LogP contribution is 2.19. The zero-order valence-corrected chi connectivity index (χ0v) is 8.45. The van der Waals surface area contributed by atoms with Gasteiger partial charge in [0.15, 0.2) is 0 Å². The van der Waals surface area contributed by atoms with Gasteiger partial charge in [-0.15, -0.1) is 0 Å². The monoisotopic (exact) mass is 172 g/mol. The second-order valence-electron chi connectivity index (χ2n) is 4.09. The third kappa shape index (κ3) is 3.86. The van der Waals surface area contributed by atoms with Crippen LogP contribution in [-0.4, -0.2) is 17.5 Å². The van der Waals surface area contributed by atoms with E-state index in [0.717, 1.165) is 12.7 Å². The van der Waals surface area contributed by atoms with Gasteiger partial charge in [-0.3, -0.25) is 0 Å². The Hall–Kier alpha value is -0.370. The van der Waals surface area contributed by atoms with Crippen LogP contribution < -0.4 is 0 Å². The Morgan fingerprint density at radius 2 is 1.75 bits per heavy atom. The van der Waals surface area contributed by atoms with Gasteiger partial charge >= 0.3 is 0 Å². The quantitative estimate of drug-likeness (QED) is 0.643. The van der Waals surface area contributed by atoms with E-state index < -0.39 is 6.10 Å². The second kappa shape index (κ2) is 5.31. The Labute approximate surface area is 75.0 Å². The first-order valence-corrected chi connectivity index (χ1v) is 4.62. The van der Waals surface area contributed by atoms with Crippen molar-refractivity contribution in [3.63, 3.8) is 0 Å². The molecule has 2 nitrogen and oxygen atoms in total. The first kappa shape index (κ1) is 11.6. The Kier molecular flexibility index (Phi) is 5.14. The Bertz CT molecular complexity index is 132. The van der Waals surface area contributed by atoms with Crippen molar-refractivity contribution in [1.82, 2.24) is 0 Å². The van der Waals surface area contributed by atoms with Gasteiger partial charge in [-0.25, -0.2) is 0 Å². The van der Waals surface area contributed by atoms with Gasteiger partial charge in [0.1, 0.15) is 6.29 Å². The zero-order valence-electron chi connectivity index (χ0n) is 8.45. The molecule has 0 aromatic rings. The number of aliphatic hydroxyl groups excluding tert-OH is 1. The van der Waals surface area contributed by atoms with Gasteiger partial charge in [0.05, 0.1) is 6.10 Å². The molecule has 0 fully saturated rings. The number of aldehydes is 1. The molecule has 0 spiro atoms. The molecule has 0 aliphatic rings. The normalized spacial score (nSPS) is 18.8. The first-order valence-electron chi connectivity index (χ1n) is 4.62. The van der Waals surface area contributed by atoms with Gasteiger partial charge in [-0.1, -0.05) is 27.7 Å². The van der Waals surface area contributed by atoms with Gasteiger partial charge in [0.25, 0.3) is 0 Å². The fraction of sp³-hybridized carbons (Fsp3) is 0.900. The molecule has 72 valence electrons. The van der Waals surface area contributed by atoms with Crippen molar-refractivity contribution in [2.24, 2.45) is 17.8 Å². The number of carbonyl (C=O) groups excluding carboxylic acids is 1. The molecule has 0 rings (SSSR count). The summed E-state index contributed by atoms with van der Waals surface area (Å²) in [6.45, 7) is 7.99. The lowest BCUT2D eigenvalue weighted by molar-refractivity contribution is -0.114. The average molecular weight is 172 g/mol. The van der Waals surface area contributed by atoms with Crippen molar-refractivity contribution < 1.29 is 9.90 Å². The largest absolute Gasteiger partial charge is 0.392 e. The third-order valence-corrected chi connectivity index (χ3v) is 2.18. The standard InChI is InChI=1S/C10H20O2/c1-7(2)5-8(3)10(12)9(4)6-11/h6-10,12H,5H2,1-4H3. The van der Waals surface area contributed by atoms with Crippen LogP contribution in [0.3, 0.4) is 0 Å². The molecule has 0 saturated heterocycles. The molecule has 3 unspecified atom stereocenters. The molecule has 1 N–H and O–H groups in total. The summed E-state index contributed by atoms with van der Waals surface area (Å²) in [5.74, 6) is 0.553. The second-order valence-corrected chi connectivity index (χ2v) is 4.09. The van der Waals surface area contributed by atoms with Crippen molar-refractivity contribution in [2.45, 2.75) is 40.2 Å². The maximum atomic E-state index is 10.4. The smallest absolute Gasteiger partial charge is 0.125 e. The van der Waals surface area contributed by atoms with Crippen molar-refractivity contribution >= 4 is 6.29 Å². The highest BCUT2D eigenvalue weighted by atomic mass is 16.3. The van der Waals surface area contributed by atoms with Gasteiger partial charge < -0.3 is 9.90 Å². The fourth-order valence-corrected chi connectivity index (χ4v) is 1.48. The lowest BCUT2D eigenvalue weighted by atomic mass is 9.88. The van der Waals surface area contributed by atoms with E-state index in [0.29, 0.717) is 5.92 Å². The van der Waals surface area contributed by atoms with Crippen LogP contribution in [0.4, 0.5) is 0 Å². The molecule has 0 aliphatic heterocycles. The van der Waals surface area contributed by atoms with E-state index in [1.165, 1.54) is 0 Å². The Morgan fingerprint density at radius 3 is 2.08 bits per heavy atom. The van der Waals surface area contributed by atoms with Crippen LogP contribution in [0, 0.1) is 17.8 Å². The van der Waals surface area contributed by atoms with Crippen LogP contribution in [0.5, 0.6) is 0 Å². The minimum atomic E-state index is -0.482. The number of hydrogen-bond acceptors (Lipinski definition) is 2. The van der Waals surface area contributed by atoms with Gasteiger partial charge in [0.2, 0.25) is 0 Å². The van der Waals surface area contributed by atoms with Crippen LogP contribution in [-0.2, 0) is 4.79 Å². The summed E-state index contributed by atoms with van der Waals surface area (Å²) < 4.78 is 0. The molecule has 0 radical (unpaired) electrons. The summed E-state index contributed by atoms with van der Waals surface area (Å²) in [4.78, 5) is 10.4. The lowest BCUT2D eigenvalue weighted by Crippen LogP contribution is -2.27. The number of hydrogen-bond donors (Lipinski definition) is 1. The topological polar surface area (TPSA) is 37.3 Å². The van der Waals surface area contributed by atoms with E-state index in [9.17, 15) is 9.90 Å². The number of aliphatic hydroxyl groups is 1. The van der Waals surface area contributed by atoms with Gasteiger partial charge in [0, 0.05) is 5.92 Å². The van der Waals surface area contributed by atoms with E-state index >= 15 is 0 Å². The number of rotatable bonds is 5. The lowest BCUT2D eigenvalue weighted by Gasteiger charge is -2.22. The molecular formula is C10H20O2. The minimum Gasteiger partial charge on any atom is -0.392 e. The zero-order chi connectivity index (χ0) is 9.72. The molecule has 12 heavy (non-hydrogen) atoms. The number of carbonyl (C=O) groups is 1. The van der Waals surface area contributed by atoms with Gasteiger partial charge in [-0.2, -0.15) is 0 Å². The Balaban J connectivity index is 3.91. The maximum Gasteiger partial charge on any atom is 0.125 e. The summed E-state index contributed by atoms with van der Waals surface area (Å²) in [7, 11) is 0. The molecule has 0 saturated carbocycles. The first-order chi connectivity index (χ1) is 5.49. The summed E-state index contributed by atoms with van der Waals surface area (Å²) in [5, 5.41) is 9.60.